The number of anilines is 1. The number of rotatable bonds is 3. The van der Waals surface area contributed by atoms with E-state index in [-0.39, 0.29) is 0 Å². The first-order valence-corrected chi connectivity index (χ1v) is 9.71. The minimum absolute atomic E-state index is 0.398. The van der Waals surface area contributed by atoms with E-state index in [1.54, 1.807) is 16.4 Å². The summed E-state index contributed by atoms with van der Waals surface area (Å²) in [6, 6.07) is 13.7. The molecule has 4 nitrogen and oxygen atoms in total. The van der Waals surface area contributed by atoms with Gasteiger partial charge in [-0.1, -0.05) is 18.2 Å². The molecule has 0 atom stereocenters. The third kappa shape index (κ3) is 3.32. The van der Waals surface area contributed by atoms with Gasteiger partial charge in [-0.3, -0.25) is 0 Å². The molecule has 1 aliphatic heterocycles. The average molecular weight is 344 g/mol. The van der Waals surface area contributed by atoms with Crippen molar-refractivity contribution in [1.29, 1.82) is 0 Å². The highest BCUT2D eigenvalue weighted by molar-refractivity contribution is 7.89. The Labute approximate surface area is 144 Å². The molecular weight excluding hydrogens is 320 g/mol. The van der Waals surface area contributed by atoms with Gasteiger partial charge in [-0.05, 0) is 61.7 Å². The molecule has 0 unspecified atom stereocenters. The molecule has 128 valence electrons. The van der Waals surface area contributed by atoms with Crippen molar-refractivity contribution < 1.29 is 8.42 Å². The molecule has 1 aliphatic rings. The molecule has 0 N–H and O–H groups in total. The molecule has 3 rings (SSSR count). The molecule has 0 saturated carbocycles. The maximum Gasteiger partial charge on any atom is 0.243 e. The Hall–Kier alpha value is -1.85. The van der Waals surface area contributed by atoms with Crippen molar-refractivity contribution in [3.63, 3.8) is 0 Å². The first-order chi connectivity index (χ1) is 11.4. The second kappa shape index (κ2) is 6.57. The molecule has 1 fully saturated rings. The SMILES string of the molecule is Cc1cccc(N2CCN(S(=O)(=O)c3ccc(C)c(C)c3)CC2)c1. The van der Waals surface area contributed by atoms with Crippen molar-refractivity contribution >= 4 is 15.7 Å². The summed E-state index contributed by atoms with van der Waals surface area (Å²) in [5.41, 5.74) is 4.50. The van der Waals surface area contributed by atoms with E-state index in [1.807, 2.05) is 26.0 Å². The number of benzene rings is 2. The second-order valence-corrected chi connectivity index (χ2v) is 8.41. The standard InChI is InChI=1S/C19H24N2O2S/c1-15-5-4-6-18(13-15)20-9-11-21(12-10-20)24(22,23)19-8-7-16(2)17(3)14-19/h4-8,13-14H,9-12H2,1-3H3. The number of hydrogen-bond donors (Lipinski definition) is 0. The van der Waals surface area contributed by atoms with E-state index in [4.69, 9.17) is 0 Å². The number of hydrogen-bond acceptors (Lipinski definition) is 3. The number of nitrogens with zero attached hydrogens (tertiary/aromatic N) is 2. The van der Waals surface area contributed by atoms with Crippen LogP contribution in [0.5, 0.6) is 0 Å². The van der Waals surface area contributed by atoms with Gasteiger partial charge in [0.2, 0.25) is 10.0 Å². The first kappa shape index (κ1) is 17.0. The van der Waals surface area contributed by atoms with E-state index >= 15 is 0 Å². The summed E-state index contributed by atoms with van der Waals surface area (Å²) >= 11 is 0. The second-order valence-electron chi connectivity index (χ2n) is 6.48. The van der Waals surface area contributed by atoms with Crippen LogP contribution < -0.4 is 4.90 Å². The maximum atomic E-state index is 12.9. The summed E-state index contributed by atoms with van der Waals surface area (Å²) in [5.74, 6) is 0. The summed E-state index contributed by atoms with van der Waals surface area (Å²) in [6.07, 6.45) is 0. The van der Waals surface area contributed by atoms with E-state index in [0.29, 0.717) is 31.1 Å². The zero-order valence-electron chi connectivity index (χ0n) is 14.5. The molecule has 2 aromatic rings. The highest BCUT2D eigenvalue weighted by Crippen LogP contribution is 2.23. The molecule has 5 heteroatoms. The lowest BCUT2D eigenvalue weighted by Crippen LogP contribution is -2.48. The van der Waals surface area contributed by atoms with Crippen LogP contribution in [-0.4, -0.2) is 38.9 Å². The molecular formula is C19H24N2O2S. The zero-order valence-corrected chi connectivity index (χ0v) is 15.3. The van der Waals surface area contributed by atoms with Crippen LogP contribution in [0.25, 0.3) is 0 Å². The number of sulfonamides is 1. The quantitative estimate of drug-likeness (QED) is 0.859. The first-order valence-electron chi connectivity index (χ1n) is 8.27. The summed E-state index contributed by atoms with van der Waals surface area (Å²) in [7, 11) is -3.41. The highest BCUT2D eigenvalue weighted by Gasteiger charge is 2.28. The summed E-state index contributed by atoms with van der Waals surface area (Å²) in [5, 5.41) is 0. The molecule has 2 aromatic carbocycles. The Morgan fingerprint density at radius 1 is 0.833 bits per heavy atom. The predicted molar refractivity (Wildman–Crippen MR) is 98.1 cm³/mol. The van der Waals surface area contributed by atoms with Crippen LogP contribution in [0.4, 0.5) is 5.69 Å². The summed E-state index contributed by atoms with van der Waals surface area (Å²) < 4.78 is 27.3. The molecule has 0 bridgehead atoms. The van der Waals surface area contributed by atoms with Gasteiger partial charge in [0.25, 0.3) is 0 Å². The van der Waals surface area contributed by atoms with Gasteiger partial charge in [-0.25, -0.2) is 8.42 Å². The van der Waals surface area contributed by atoms with Gasteiger partial charge in [0.15, 0.2) is 0 Å². The third-order valence-electron chi connectivity index (χ3n) is 4.72. The maximum absolute atomic E-state index is 12.9. The molecule has 0 aliphatic carbocycles. The number of aryl methyl sites for hydroxylation is 3. The van der Waals surface area contributed by atoms with Gasteiger partial charge in [-0.2, -0.15) is 4.31 Å². The molecule has 0 aromatic heterocycles. The largest absolute Gasteiger partial charge is 0.369 e. The van der Waals surface area contributed by atoms with Gasteiger partial charge in [-0.15, -0.1) is 0 Å². The Balaban J connectivity index is 1.74. The van der Waals surface area contributed by atoms with Gasteiger partial charge in [0.05, 0.1) is 4.90 Å². The van der Waals surface area contributed by atoms with E-state index in [2.05, 4.69) is 30.0 Å². The normalized spacial score (nSPS) is 16.4. The van der Waals surface area contributed by atoms with Crippen LogP contribution in [0, 0.1) is 20.8 Å². The third-order valence-corrected chi connectivity index (χ3v) is 6.62. The fourth-order valence-corrected chi connectivity index (χ4v) is 4.54. The summed E-state index contributed by atoms with van der Waals surface area (Å²) in [4.78, 5) is 2.65. The van der Waals surface area contributed by atoms with Crippen molar-refractivity contribution in [2.45, 2.75) is 25.7 Å². The predicted octanol–water partition coefficient (Wildman–Crippen LogP) is 3.12. The van der Waals surface area contributed by atoms with E-state index in [1.165, 1.54) is 11.3 Å². The Bertz CT molecular complexity index is 838. The van der Waals surface area contributed by atoms with Crippen LogP contribution in [0.3, 0.4) is 0 Å². The van der Waals surface area contributed by atoms with E-state index in [0.717, 1.165) is 11.1 Å². The topological polar surface area (TPSA) is 40.6 Å². The van der Waals surface area contributed by atoms with Crippen molar-refractivity contribution in [3.8, 4) is 0 Å². The molecule has 24 heavy (non-hydrogen) atoms. The monoisotopic (exact) mass is 344 g/mol. The smallest absolute Gasteiger partial charge is 0.243 e. The highest BCUT2D eigenvalue weighted by atomic mass is 32.2. The van der Waals surface area contributed by atoms with Crippen LogP contribution in [0.2, 0.25) is 0 Å². The summed E-state index contributed by atoms with van der Waals surface area (Å²) in [6.45, 7) is 8.48. The Morgan fingerprint density at radius 2 is 1.54 bits per heavy atom. The molecule has 1 saturated heterocycles. The lowest BCUT2D eigenvalue weighted by atomic mass is 10.1. The number of piperazine rings is 1. The van der Waals surface area contributed by atoms with Crippen LogP contribution in [0.15, 0.2) is 47.4 Å². The molecule has 0 spiro atoms. The lowest BCUT2D eigenvalue weighted by Gasteiger charge is -2.35. The van der Waals surface area contributed by atoms with E-state index < -0.39 is 10.0 Å². The molecule has 0 radical (unpaired) electrons. The average Bonchev–Trinajstić information content (AvgIpc) is 2.57. The van der Waals surface area contributed by atoms with Crippen molar-refractivity contribution in [2.75, 3.05) is 31.1 Å². The fraction of sp³-hybridized carbons (Fsp3) is 0.368. The molecule has 1 heterocycles. The minimum Gasteiger partial charge on any atom is -0.369 e. The van der Waals surface area contributed by atoms with Crippen LogP contribution in [-0.2, 0) is 10.0 Å². The van der Waals surface area contributed by atoms with Crippen LogP contribution in [0.1, 0.15) is 16.7 Å². The Morgan fingerprint density at radius 3 is 2.17 bits per heavy atom. The zero-order chi connectivity index (χ0) is 17.3. The Kier molecular flexibility index (Phi) is 4.65. The van der Waals surface area contributed by atoms with E-state index in [9.17, 15) is 8.42 Å². The molecule has 0 amide bonds. The lowest BCUT2D eigenvalue weighted by molar-refractivity contribution is 0.385. The minimum atomic E-state index is -3.41. The van der Waals surface area contributed by atoms with Gasteiger partial charge < -0.3 is 4.90 Å². The van der Waals surface area contributed by atoms with Gasteiger partial charge in [0.1, 0.15) is 0 Å². The van der Waals surface area contributed by atoms with Crippen molar-refractivity contribution in [1.82, 2.24) is 4.31 Å². The van der Waals surface area contributed by atoms with Gasteiger partial charge >= 0.3 is 0 Å². The van der Waals surface area contributed by atoms with Crippen molar-refractivity contribution in [2.24, 2.45) is 0 Å². The fourth-order valence-electron chi connectivity index (χ4n) is 3.03. The van der Waals surface area contributed by atoms with Crippen molar-refractivity contribution in [3.05, 3.63) is 59.2 Å². The van der Waals surface area contributed by atoms with Crippen LogP contribution >= 0.6 is 0 Å². The van der Waals surface area contributed by atoms with Gasteiger partial charge in [0, 0.05) is 31.9 Å².